The van der Waals surface area contributed by atoms with Crippen LogP contribution in [0.25, 0.3) is 33.4 Å². The van der Waals surface area contributed by atoms with E-state index in [0.717, 1.165) is 24.3 Å². The van der Waals surface area contributed by atoms with Crippen LogP contribution in [0.5, 0.6) is 5.75 Å². The average molecular weight is 897 g/mol. The van der Waals surface area contributed by atoms with Crippen LogP contribution in [0.15, 0.2) is 91.0 Å². The van der Waals surface area contributed by atoms with Gasteiger partial charge >= 0.3 is 11.9 Å². The molecule has 65 heavy (non-hydrogen) atoms. The van der Waals surface area contributed by atoms with Gasteiger partial charge in [-0.3, -0.25) is 0 Å². The van der Waals surface area contributed by atoms with Gasteiger partial charge in [-0.2, -0.15) is 0 Å². The Morgan fingerprint density at radius 1 is 0.662 bits per heavy atom. The third-order valence-corrected chi connectivity index (χ3v) is 12.7. The Balaban J connectivity index is 1.40. The fourth-order valence-corrected chi connectivity index (χ4v) is 8.50. The first-order chi connectivity index (χ1) is 31.2. The molecule has 0 saturated heterocycles. The van der Waals surface area contributed by atoms with E-state index in [1.54, 1.807) is 57.2 Å². The average Bonchev–Trinajstić information content (AvgIpc) is 3.29. The second-order valence-corrected chi connectivity index (χ2v) is 18.2. The van der Waals surface area contributed by atoms with Crippen LogP contribution < -0.4 is 4.74 Å². The first kappa shape index (κ1) is 50.8. The summed E-state index contributed by atoms with van der Waals surface area (Å²) >= 11 is 0. The van der Waals surface area contributed by atoms with Crippen LogP contribution in [-0.4, -0.2) is 55.2 Å². The quantitative estimate of drug-likeness (QED) is 0.0410. The minimum atomic E-state index is -0.785. The van der Waals surface area contributed by atoms with Gasteiger partial charge < -0.3 is 24.4 Å². The predicted molar refractivity (Wildman–Crippen MR) is 252 cm³/mol. The lowest BCUT2D eigenvalue weighted by molar-refractivity contribution is -0.139. The number of halogens is 3. The number of unbranched alkanes of at least 4 members (excludes halogenated alkanes) is 2. The molecule has 0 aliphatic heterocycles. The molecular weight excluding hydrogens is 830 g/mol. The number of benzene rings is 4. The van der Waals surface area contributed by atoms with E-state index < -0.39 is 29.0 Å². The number of aliphatic hydroxyl groups excluding tert-OH is 2. The maximum Gasteiger partial charge on any atom is 0.333 e. The van der Waals surface area contributed by atoms with Crippen molar-refractivity contribution in [2.75, 3.05) is 33.0 Å². The van der Waals surface area contributed by atoms with Crippen LogP contribution in [0.2, 0.25) is 0 Å². The molecule has 1 fully saturated rings. The van der Waals surface area contributed by atoms with E-state index in [-0.39, 0.29) is 61.1 Å². The number of hydrogen-bond donors (Lipinski definition) is 2. The molecule has 1 aliphatic rings. The van der Waals surface area contributed by atoms with Gasteiger partial charge in [0.1, 0.15) is 23.2 Å². The summed E-state index contributed by atoms with van der Waals surface area (Å²) in [6.45, 7) is 14.2. The molecule has 5 rings (SSSR count). The van der Waals surface area contributed by atoms with Crippen molar-refractivity contribution in [2.24, 2.45) is 11.3 Å². The second kappa shape index (κ2) is 24.4. The lowest BCUT2D eigenvalue weighted by atomic mass is 9.77. The van der Waals surface area contributed by atoms with Crippen molar-refractivity contribution in [2.45, 2.75) is 117 Å². The Morgan fingerprint density at radius 3 is 1.62 bits per heavy atom. The molecule has 1 aliphatic carbocycles. The van der Waals surface area contributed by atoms with Crippen LogP contribution in [0.1, 0.15) is 121 Å². The van der Waals surface area contributed by atoms with Crippen molar-refractivity contribution >= 4 is 11.9 Å². The third-order valence-electron chi connectivity index (χ3n) is 12.7. The number of aliphatic hydroxyl groups is 2. The SMILES string of the molecule is C=C(C)C(=O)OCCCc1cc(-c2ccc(-c3ccc(-c4ccc(C5CCC(CCCCC)CC5)cc4F)cc3F)cc2F)cc(CCCOC(=O)C(=C)C)c1OCCC(C)(CO)CO. The lowest BCUT2D eigenvalue weighted by Crippen LogP contribution is -2.28. The number of rotatable bonds is 24. The van der Waals surface area contributed by atoms with E-state index in [2.05, 4.69) is 20.1 Å². The number of aryl methyl sites for hydroxylation is 2. The normalized spacial score (nSPS) is 15.1. The van der Waals surface area contributed by atoms with Crippen LogP contribution in [0.4, 0.5) is 13.2 Å². The zero-order valence-corrected chi connectivity index (χ0v) is 38.7. The number of carbonyl (C=O) groups excluding carboxylic acids is 2. The highest BCUT2D eigenvalue weighted by molar-refractivity contribution is 5.87. The zero-order chi connectivity index (χ0) is 47.1. The Morgan fingerprint density at radius 2 is 1.15 bits per heavy atom. The standard InChI is InChI=1S/C55H67F3O7/c1-7-8-9-12-38-15-17-39(18-16-38)40-19-22-46(49(56)31-40)41-20-23-47(50(57)32-41)42-21-24-48(51(58)33-42)45-29-43(13-10-26-64-53(61)36(2)3)52(63-28-25-55(6,34-59)35-60)44(30-45)14-11-27-65-54(62)37(4)5/h19-24,29-33,38-39,59-60H,2,4,7-18,25-28,34-35H2,1,3,5-6H3. The van der Waals surface area contributed by atoms with Gasteiger partial charge in [0.15, 0.2) is 0 Å². The molecule has 0 radical (unpaired) electrons. The first-order valence-electron chi connectivity index (χ1n) is 23.2. The molecule has 0 amide bonds. The summed E-state index contributed by atoms with van der Waals surface area (Å²) in [6.07, 6.45) is 11.4. The van der Waals surface area contributed by atoms with Gasteiger partial charge in [-0.1, -0.05) is 89.1 Å². The maximum atomic E-state index is 16.4. The lowest BCUT2D eigenvalue weighted by Gasteiger charge is -2.29. The number of carbonyl (C=O) groups is 2. The topological polar surface area (TPSA) is 102 Å². The molecule has 0 bridgehead atoms. The summed E-state index contributed by atoms with van der Waals surface area (Å²) in [5.41, 5.74) is 4.12. The van der Waals surface area contributed by atoms with Gasteiger partial charge in [-0.05, 0) is 147 Å². The van der Waals surface area contributed by atoms with Crippen molar-refractivity contribution in [1.82, 2.24) is 0 Å². The Labute approximate surface area is 383 Å². The van der Waals surface area contributed by atoms with Crippen molar-refractivity contribution in [3.05, 3.63) is 125 Å². The van der Waals surface area contributed by atoms with Gasteiger partial charge in [0.2, 0.25) is 0 Å². The molecule has 4 aromatic rings. The van der Waals surface area contributed by atoms with Crippen LogP contribution in [-0.2, 0) is 31.9 Å². The first-order valence-corrected chi connectivity index (χ1v) is 23.2. The van der Waals surface area contributed by atoms with E-state index >= 15 is 13.2 Å². The smallest absolute Gasteiger partial charge is 0.333 e. The van der Waals surface area contributed by atoms with Gasteiger partial charge in [0, 0.05) is 33.3 Å². The molecule has 0 spiro atoms. The van der Waals surface area contributed by atoms with E-state index in [4.69, 9.17) is 14.2 Å². The monoisotopic (exact) mass is 896 g/mol. The largest absolute Gasteiger partial charge is 0.493 e. The molecule has 0 unspecified atom stereocenters. The molecular formula is C55H67F3O7. The van der Waals surface area contributed by atoms with E-state index in [9.17, 15) is 19.8 Å². The minimum absolute atomic E-state index is 0.0974. The van der Waals surface area contributed by atoms with E-state index in [1.807, 2.05) is 18.2 Å². The maximum absolute atomic E-state index is 16.4. The van der Waals surface area contributed by atoms with E-state index in [1.165, 1.54) is 50.7 Å². The van der Waals surface area contributed by atoms with Crippen LogP contribution in [0.3, 0.4) is 0 Å². The highest BCUT2D eigenvalue weighted by Crippen LogP contribution is 2.40. The van der Waals surface area contributed by atoms with Crippen molar-refractivity contribution < 1.29 is 47.2 Å². The minimum Gasteiger partial charge on any atom is -0.493 e. The Bertz CT molecular complexity index is 2220. The Kier molecular flexibility index (Phi) is 19.0. The summed E-state index contributed by atoms with van der Waals surface area (Å²) in [5.74, 6) is -1.01. The predicted octanol–water partition coefficient (Wildman–Crippen LogP) is 12.8. The van der Waals surface area contributed by atoms with Gasteiger partial charge in [-0.25, -0.2) is 22.8 Å². The molecule has 0 aromatic heterocycles. The number of ether oxygens (including phenoxy) is 3. The van der Waals surface area contributed by atoms with Crippen LogP contribution in [0, 0.1) is 28.8 Å². The second-order valence-electron chi connectivity index (χ2n) is 18.2. The summed E-state index contributed by atoms with van der Waals surface area (Å²) < 4.78 is 65.0. The summed E-state index contributed by atoms with van der Waals surface area (Å²) in [4.78, 5) is 24.2. The van der Waals surface area contributed by atoms with Crippen molar-refractivity contribution in [3.63, 3.8) is 0 Å². The number of esters is 2. The zero-order valence-electron chi connectivity index (χ0n) is 38.7. The molecule has 0 atom stereocenters. The highest BCUT2D eigenvalue weighted by Gasteiger charge is 2.25. The molecule has 7 nitrogen and oxygen atoms in total. The molecule has 4 aromatic carbocycles. The third kappa shape index (κ3) is 14.2. The van der Waals surface area contributed by atoms with Crippen molar-refractivity contribution in [3.8, 4) is 39.1 Å². The highest BCUT2D eigenvalue weighted by atomic mass is 19.1. The molecule has 0 heterocycles. The molecule has 350 valence electrons. The van der Waals surface area contributed by atoms with E-state index in [0.29, 0.717) is 77.2 Å². The summed E-state index contributed by atoms with van der Waals surface area (Å²) in [6, 6.07) is 18.0. The summed E-state index contributed by atoms with van der Waals surface area (Å²) in [5, 5.41) is 19.8. The summed E-state index contributed by atoms with van der Waals surface area (Å²) in [7, 11) is 0. The fraction of sp³-hybridized carbons (Fsp3) is 0.455. The van der Waals surface area contributed by atoms with Gasteiger partial charge in [0.25, 0.3) is 0 Å². The molecule has 2 N–H and O–H groups in total. The Hall–Kier alpha value is -5.19. The van der Waals surface area contributed by atoms with Crippen LogP contribution >= 0.6 is 0 Å². The fourth-order valence-electron chi connectivity index (χ4n) is 8.50. The van der Waals surface area contributed by atoms with Gasteiger partial charge in [-0.15, -0.1) is 0 Å². The van der Waals surface area contributed by atoms with Crippen molar-refractivity contribution in [1.29, 1.82) is 0 Å². The molecule has 10 heteroatoms. The molecule has 1 saturated carbocycles. The number of hydrogen-bond acceptors (Lipinski definition) is 7. The van der Waals surface area contributed by atoms with Gasteiger partial charge in [0.05, 0.1) is 33.0 Å².